The van der Waals surface area contributed by atoms with Crippen LogP contribution in [0, 0.1) is 0 Å². The Bertz CT molecular complexity index is 328. The Labute approximate surface area is 108 Å². The van der Waals surface area contributed by atoms with Crippen molar-refractivity contribution in [3.05, 3.63) is 0 Å². The molecule has 0 spiro atoms. The lowest BCUT2D eigenvalue weighted by atomic mass is 10.3. The SMILES string of the molecule is COC(=O)N1CCN(C(=O)CNCC(F)(F)F)CC1. The minimum Gasteiger partial charge on any atom is -0.453 e. The Kier molecular flexibility index (Phi) is 5.40. The zero-order chi connectivity index (χ0) is 14.5. The van der Waals surface area contributed by atoms with Gasteiger partial charge in [-0.05, 0) is 0 Å². The molecule has 1 aliphatic heterocycles. The lowest BCUT2D eigenvalue weighted by Crippen LogP contribution is -2.52. The molecule has 1 rings (SSSR count). The van der Waals surface area contributed by atoms with Crippen LogP contribution in [0.5, 0.6) is 0 Å². The lowest BCUT2D eigenvalue weighted by molar-refractivity contribution is -0.135. The summed E-state index contributed by atoms with van der Waals surface area (Å²) in [6, 6.07) is 0. The van der Waals surface area contributed by atoms with E-state index in [0.717, 1.165) is 0 Å². The predicted octanol–water partition coefficient (Wildman–Crippen LogP) is 0.0489. The van der Waals surface area contributed by atoms with Gasteiger partial charge in [-0.25, -0.2) is 4.79 Å². The molecule has 0 unspecified atom stereocenters. The molecule has 9 heteroatoms. The maximum absolute atomic E-state index is 11.9. The summed E-state index contributed by atoms with van der Waals surface area (Å²) >= 11 is 0. The van der Waals surface area contributed by atoms with Crippen LogP contribution in [0.3, 0.4) is 0 Å². The minimum atomic E-state index is -4.33. The minimum absolute atomic E-state index is 0.293. The zero-order valence-electron chi connectivity index (χ0n) is 10.5. The van der Waals surface area contributed by atoms with Crippen LogP contribution in [0.4, 0.5) is 18.0 Å². The monoisotopic (exact) mass is 283 g/mol. The number of amides is 2. The number of ether oxygens (including phenoxy) is 1. The predicted molar refractivity (Wildman–Crippen MR) is 59.5 cm³/mol. The highest BCUT2D eigenvalue weighted by Crippen LogP contribution is 2.12. The van der Waals surface area contributed by atoms with Crippen molar-refractivity contribution in [1.29, 1.82) is 0 Å². The molecule has 0 bridgehead atoms. The van der Waals surface area contributed by atoms with Crippen LogP contribution < -0.4 is 5.32 Å². The van der Waals surface area contributed by atoms with Crippen LogP contribution in [0.25, 0.3) is 0 Å². The molecule has 0 aromatic carbocycles. The number of halogens is 3. The molecule has 1 aliphatic rings. The van der Waals surface area contributed by atoms with Gasteiger partial charge in [0, 0.05) is 26.2 Å². The number of alkyl halides is 3. The van der Waals surface area contributed by atoms with Crippen molar-refractivity contribution in [2.75, 3.05) is 46.4 Å². The second kappa shape index (κ2) is 6.60. The van der Waals surface area contributed by atoms with E-state index in [1.807, 2.05) is 5.32 Å². The highest BCUT2D eigenvalue weighted by molar-refractivity contribution is 5.78. The van der Waals surface area contributed by atoms with Crippen LogP contribution in [0.15, 0.2) is 0 Å². The van der Waals surface area contributed by atoms with Gasteiger partial charge in [0.15, 0.2) is 0 Å². The van der Waals surface area contributed by atoms with Crippen LogP contribution in [-0.2, 0) is 9.53 Å². The van der Waals surface area contributed by atoms with Crippen molar-refractivity contribution in [3.63, 3.8) is 0 Å². The Morgan fingerprint density at radius 3 is 2.16 bits per heavy atom. The van der Waals surface area contributed by atoms with E-state index in [2.05, 4.69) is 4.74 Å². The summed E-state index contributed by atoms with van der Waals surface area (Å²) in [6.07, 6.45) is -4.80. The fraction of sp³-hybridized carbons (Fsp3) is 0.800. The summed E-state index contributed by atoms with van der Waals surface area (Å²) in [5.41, 5.74) is 0. The van der Waals surface area contributed by atoms with Crippen LogP contribution in [0.2, 0.25) is 0 Å². The summed E-state index contributed by atoms with van der Waals surface area (Å²) in [7, 11) is 1.26. The van der Waals surface area contributed by atoms with Crippen molar-refractivity contribution >= 4 is 12.0 Å². The van der Waals surface area contributed by atoms with Crippen LogP contribution in [0.1, 0.15) is 0 Å². The second-order valence-electron chi connectivity index (χ2n) is 4.06. The molecule has 6 nitrogen and oxygen atoms in total. The van der Waals surface area contributed by atoms with Gasteiger partial charge in [0.1, 0.15) is 0 Å². The van der Waals surface area contributed by atoms with E-state index in [-0.39, 0.29) is 6.54 Å². The number of rotatable bonds is 3. The van der Waals surface area contributed by atoms with Gasteiger partial charge >= 0.3 is 12.3 Å². The standard InChI is InChI=1S/C10H16F3N3O3/c1-19-9(18)16-4-2-15(3-5-16)8(17)6-14-7-10(11,12)13/h14H,2-7H2,1H3. The van der Waals surface area contributed by atoms with E-state index < -0.39 is 24.7 Å². The lowest BCUT2D eigenvalue weighted by Gasteiger charge is -2.33. The molecule has 0 aliphatic carbocycles. The number of nitrogens with zero attached hydrogens (tertiary/aromatic N) is 2. The van der Waals surface area contributed by atoms with Crippen molar-refractivity contribution in [1.82, 2.24) is 15.1 Å². The number of nitrogens with one attached hydrogen (secondary N) is 1. The van der Waals surface area contributed by atoms with Gasteiger partial charge in [-0.2, -0.15) is 13.2 Å². The number of hydrogen-bond acceptors (Lipinski definition) is 4. The fourth-order valence-corrected chi connectivity index (χ4v) is 1.69. The Morgan fingerprint density at radius 2 is 1.68 bits per heavy atom. The number of piperazine rings is 1. The third-order valence-electron chi connectivity index (χ3n) is 2.67. The summed E-state index contributed by atoms with van der Waals surface area (Å²) in [4.78, 5) is 25.6. The highest BCUT2D eigenvalue weighted by atomic mass is 19.4. The average molecular weight is 283 g/mol. The Hall–Kier alpha value is -1.51. The second-order valence-corrected chi connectivity index (χ2v) is 4.06. The first kappa shape index (κ1) is 15.5. The van der Waals surface area contributed by atoms with Gasteiger partial charge in [0.2, 0.25) is 5.91 Å². The molecule has 1 fully saturated rings. The molecule has 1 N–H and O–H groups in total. The molecular weight excluding hydrogens is 267 g/mol. The van der Waals surface area contributed by atoms with Crippen molar-refractivity contribution in [3.8, 4) is 0 Å². The Morgan fingerprint density at radius 1 is 1.16 bits per heavy atom. The third-order valence-corrected chi connectivity index (χ3v) is 2.67. The summed E-state index contributed by atoms with van der Waals surface area (Å²) in [6.45, 7) is -0.336. The molecule has 0 aromatic rings. The molecule has 0 aromatic heterocycles. The molecule has 19 heavy (non-hydrogen) atoms. The molecule has 0 radical (unpaired) electrons. The first-order chi connectivity index (χ1) is 8.83. The number of carbonyl (C=O) groups is 2. The highest BCUT2D eigenvalue weighted by Gasteiger charge is 2.28. The first-order valence-corrected chi connectivity index (χ1v) is 5.71. The van der Waals surface area contributed by atoms with E-state index in [0.29, 0.717) is 26.2 Å². The summed E-state index contributed by atoms with van der Waals surface area (Å²) in [5, 5.41) is 2.05. The van der Waals surface area contributed by atoms with E-state index in [1.54, 1.807) is 0 Å². The normalized spacial score (nSPS) is 16.4. The average Bonchev–Trinajstić information content (AvgIpc) is 2.36. The Balaban J connectivity index is 2.27. The van der Waals surface area contributed by atoms with Crippen molar-refractivity contribution < 1.29 is 27.5 Å². The molecule has 110 valence electrons. The van der Waals surface area contributed by atoms with Crippen LogP contribution >= 0.6 is 0 Å². The smallest absolute Gasteiger partial charge is 0.409 e. The number of carbonyl (C=O) groups excluding carboxylic acids is 2. The molecule has 1 saturated heterocycles. The zero-order valence-corrected chi connectivity index (χ0v) is 10.5. The maximum Gasteiger partial charge on any atom is 0.409 e. The van der Waals surface area contributed by atoms with Gasteiger partial charge in [-0.1, -0.05) is 0 Å². The largest absolute Gasteiger partial charge is 0.453 e. The molecule has 0 atom stereocenters. The third kappa shape index (κ3) is 5.33. The van der Waals surface area contributed by atoms with E-state index >= 15 is 0 Å². The summed E-state index contributed by atoms with van der Waals surface area (Å²) in [5.74, 6) is -0.409. The molecule has 0 saturated carbocycles. The molecular formula is C10H16F3N3O3. The van der Waals surface area contributed by atoms with Gasteiger partial charge in [-0.15, -0.1) is 0 Å². The topological polar surface area (TPSA) is 61.9 Å². The van der Waals surface area contributed by atoms with Gasteiger partial charge in [-0.3, -0.25) is 4.79 Å². The number of hydrogen-bond donors (Lipinski definition) is 1. The van der Waals surface area contributed by atoms with E-state index in [1.165, 1.54) is 16.9 Å². The molecule has 1 heterocycles. The maximum atomic E-state index is 11.9. The quantitative estimate of drug-likeness (QED) is 0.795. The van der Waals surface area contributed by atoms with Gasteiger partial charge in [0.05, 0.1) is 20.2 Å². The van der Waals surface area contributed by atoms with Crippen LogP contribution in [-0.4, -0.2) is 74.4 Å². The van der Waals surface area contributed by atoms with Crippen molar-refractivity contribution in [2.24, 2.45) is 0 Å². The van der Waals surface area contributed by atoms with Gasteiger partial charge < -0.3 is 19.9 Å². The molecule has 2 amide bonds. The van der Waals surface area contributed by atoms with Crippen molar-refractivity contribution in [2.45, 2.75) is 6.18 Å². The first-order valence-electron chi connectivity index (χ1n) is 5.71. The van der Waals surface area contributed by atoms with E-state index in [9.17, 15) is 22.8 Å². The fourth-order valence-electron chi connectivity index (χ4n) is 1.69. The number of methoxy groups -OCH3 is 1. The van der Waals surface area contributed by atoms with E-state index in [4.69, 9.17) is 0 Å². The summed E-state index contributed by atoms with van der Waals surface area (Å²) < 4.78 is 40.2. The van der Waals surface area contributed by atoms with Gasteiger partial charge in [0.25, 0.3) is 0 Å².